The van der Waals surface area contributed by atoms with E-state index in [1.807, 2.05) is 0 Å². The Bertz CT molecular complexity index is 318. The van der Waals surface area contributed by atoms with Gasteiger partial charge in [-0.3, -0.25) is 4.79 Å². The lowest BCUT2D eigenvalue weighted by atomic mass is 9.98. The lowest BCUT2D eigenvalue weighted by Gasteiger charge is -2.21. The minimum absolute atomic E-state index is 0.0877. The maximum atomic E-state index is 11.5. The highest BCUT2D eigenvalue weighted by Gasteiger charge is 2.25. The molecule has 0 aliphatic carbocycles. The van der Waals surface area contributed by atoms with Gasteiger partial charge in [0.15, 0.2) is 9.84 Å². The summed E-state index contributed by atoms with van der Waals surface area (Å²) in [5.74, 6) is 0.0113. The van der Waals surface area contributed by atoms with Crippen molar-refractivity contribution in [2.45, 2.75) is 31.9 Å². The predicted octanol–water partition coefficient (Wildman–Crippen LogP) is 0.805. The number of sulfone groups is 1. The van der Waals surface area contributed by atoms with Crippen molar-refractivity contribution in [3.63, 3.8) is 0 Å². The van der Waals surface area contributed by atoms with Crippen molar-refractivity contribution in [1.82, 2.24) is 0 Å². The van der Waals surface area contributed by atoms with Gasteiger partial charge in [-0.15, -0.1) is 0 Å². The van der Waals surface area contributed by atoms with Gasteiger partial charge in [0.2, 0.25) is 0 Å². The fraction of sp³-hybridized carbons (Fsp3) is 0.900. The molecule has 5 heteroatoms. The van der Waals surface area contributed by atoms with Crippen LogP contribution in [0.25, 0.3) is 0 Å². The summed E-state index contributed by atoms with van der Waals surface area (Å²) in [6.45, 7) is 4.18. The second-order valence-corrected chi connectivity index (χ2v) is 6.87. The maximum absolute atomic E-state index is 11.5. The molecular weight excluding hydrogens is 216 g/mol. The Morgan fingerprint density at radius 2 is 2.13 bits per heavy atom. The van der Waals surface area contributed by atoms with E-state index in [-0.39, 0.29) is 22.7 Å². The van der Waals surface area contributed by atoms with Gasteiger partial charge in [-0.25, -0.2) is 8.42 Å². The summed E-state index contributed by atoms with van der Waals surface area (Å²) < 4.78 is 28.2. The highest BCUT2D eigenvalue weighted by atomic mass is 32.2. The maximum Gasteiger partial charge on any atom is 0.152 e. The Morgan fingerprint density at radius 1 is 1.47 bits per heavy atom. The van der Waals surface area contributed by atoms with Crippen LogP contribution >= 0.6 is 0 Å². The molecule has 0 aromatic heterocycles. The van der Waals surface area contributed by atoms with Crippen LogP contribution in [0, 0.1) is 5.92 Å². The second-order valence-electron chi connectivity index (χ2n) is 4.19. The van der Waals surface area contributed by atoms with Crippen LogP contribution in [0.1, 0.15) is 26.7 Å². The number of rotatable bonds is 4. The third kappa shape index (κ3) is 3.57. The Labute approximate surface area is 90.9 Å². The van der Waals surface area contributed by atoms with Crippen molar-refractivity contribution in [3.05, 3.63) is 0 Å². The first-order valence-corrected chi connectivity index (χ1v) is 6.97. The molecule has 1 heterocycles. The molecule has 0 N–H and O–H groups in total. The Kier molecular flexibility index (Phi) is 4.28. The minimum atomic E-state index is -3.03. The van der Waals surface area contributed by atoms with Crippen LogP contribution in [0.3, 0.4) is 0 Å². The van der Waals surface area contributed by atoms with E-state index in [0.29, 0.717) is 26.1 Å². The molecule has 4 nitrogen and oxygen atoms in total. The van der Waals surface area contributed by atoms with Gasteiger partial charge >= 0.3 is 0 Å². The molecule has 0 bridgehead atoms. The largest absolute Gasteiger partial charge is 0.380 e. The fourth-order valence-electron chi connectivity index (χ4n) is 1.48. The summed E-state index contributed by atoms with van der Waals surface area (Å²) in [5.41, 5.74) is 0. The molecule has 1 atom stereocenters. The van der Waals surface area contributed by atoms with Gasteiger partial charge in [-0.05, 0) is 20.3 Å². The van der Waals surface area contributed by atoms with Gasteiger partial charge < -0.3 is 4.74 Å². The Morgan fingerprint density at radius 3 is 2.67 bits per heavy atom. The number of hydrogen-bond donors (Lipinski definition) is 0. The van der Waals surface area contributed by atoms with Crippen LogP contribution in [-0.2, 0) is 19.4 Å². The molecule has 1 unspecified atom stereocenters. The SMILES string of the molecule is CC(C)S(=O)(=O)CCC1COCCC1=O. The molecule has 0 aromatic rings. The summed E-state index contributed by atoms with van der Waals surface area (Å²) >= 11 is 0. The molecule has 15 heavy (non-hydrogen) atoms. The topological polar surface area (TPSA) is 60.4 Å². The summed E-state index contributed by atoms with van der Waals surface area (Å²) in [4.78, 5) is 11.4. The monoisotopic (exact) mass is 234 g/mol. The first-order valence-electron chi connectivity index (χ1n) is 5.25. The van der Waals surface area contributed by atoms with E-state index in [4.69, 9.17) is 4.74 Å². The van der Waals surface area contributed by atoms with Crippen LogP contribution in [0.2, 0.25) is 0 Å². The van der Waals surface area contributed by atoms with E-state index < -0.39 is 9.84 Å². The first-order chi connectivity index (χ1) is 6.93. The minimum Gasteiger partial charge on any atom is -0.380 e. The molecule has 1 saturated heterocycles. The highest BCUT2D eigenvalue weighted by Crippen LogP contribution is 2.16. The number of carbonyl (C=O) groups is 1. The molecule has 1 fully saturated rings. The number of ether oxygens (including phenoxy) is 1. The van der Waals surface area contributed by atoms with Crippen molar-refractivity contribution in [2.75, 3.05) is 19.0 Å². The zero-order valence-electron chi connectivity index (χ0n) is 9.23. The van der Waals surface area contributed by atoms with Crippen LogP contribution in [-0.4, -0.2) is 38.4 Å². The zero-order chi connectivity index (χ0) is 11.5. The standard InChI is InChI=1S/C10H18O4S/c1-8(2)15(12,13)6-4-9-7-14-5-3-10(9)11/h8-9H,3-7H2,1-2H3. The van der Waals surface area contributed by atoms with Crippen LogP contribution in [0.5, 0.6) is 0 Å². The van der Waals surface area contributed by atoms with Gasteiger partial charge in [0.05, 0.1) is 24.2 Å². The van der Waals surface area contributed by atoms with Crippen LogP contribution in [0.15, 0.2) is 0 Å². The van der Waals surface area contributed by atoms with Gasteiger partial charge in [0.25, 0.3) is 0 Å². The number of hydrogen-bond acceptors (Lipinski definition) is 4. The molecule has 88 valence electrons. The lowest BCUT2D eigenvalue weighted by molar-refractivity contribution is -0.130. The van der Waals surface area contributed by atoms with Crippen molar-refractivity contribution in [1.29, 1.82) is 0 Å². The number of carbonyl (C=O) groups excluding carboxylic acids is 1. The average molecular weight is 234 g/mol. The smallest absolute Gasteiger partial charge is 0.152 e. The average Bonchev–Trinajstić information content (AvgIpc) is 2.16. The first kappa shape index (κ1) is 12.6. The third-order valence-electron chi connectivity index (χ3n) is 2.74. The van der Waals surface area contributed by atoms with E-state index in [9.17, 15) is 13.2 Å². The quantitative estimate of drug-likeness (QED) is 0.722. The Hall–Kier alpha value is -0.420. The lowest BCUT2D eigenvalue weighted by Crippen LogP contribution is -2.30. The Balaban J connectivity index is 2.46. The summed E-state index contributed by atoms with van der Waals surface area (Å²) in [7, 11) is -3.03. The normalized spacial score (nSPS) is 23.4. The fourth-order valence-corrected chi connectivity index (χ4v) is 2.57. The molecule has 0 spiro atoms. The van der Waals surface area contributed by atoms with Crippen molar-refractivity contribution < 1.29 is 17.9 Å². The number of Topliss-reactive ketones (excluding diaryl/α,β-unsaturated/α-hetero) is 1. The molecule has 1 rings (SSSR count). The third-order valence-corrected chi connectivity index (χ3v) is 4.98. The van der Waals surface area contributed by atoms with E-state index in [1.165, 1.54) is 0 Å². The van der Waals surface area contributed by atoms with E-state index in [2.05, 4.69) is 0 Å². The zero-order valence-corrected chi connectivity index (χ0v) is 10.0. The summed E-state index contributed by atoms with van der Waals surface area (Å²) in [6.07, 6.45) is 0.825. The van der Waals surface area contributed by atoms with Crippen LogP contribution in [0.4, 0.5) is 0 Å². The van der Waals surface area contributed by atoms with Gasteiger partial charge in [-0.1, -0.05) is 0 Å². The summed E-state index contributed by atoms with van der Waals surface area (Å²) in [6, 6.07) is 0. The van der Waals surface area contributed by atoms with Gasteiger partial charge in [0, 0.05) is 12.3 Å². The van der Waals surface area contributed by atoms with E-state index in [0.717, 1.165) is 0 Å². The molecule has 0 radical (unpaired) electrons. The molecule has 0 amide bonds. The van der Waals surface area contributed by atoms with Crippen molar-refractivity contribution >= 4 is 15.6 Å². The predicted molar refractivity (Wildman–Crippen MR) is 57.5 cm³/mol. The van der Waals surface area contributed by atoms with Gasteiger partial charge in [0.1, 0.15) is 5.78 Å². The highest BCUT2D eigenvalue weighted by molar-refractivity contribution is 7.91. The summed E-state index contributed by atoms with van der Waals surface area (Å²) in [5, 5.41) is -0.364. The second kappa shape index (κ2) is 5.07. The molecule has 0 aromatic carbocycles. The molecule has 0 saturated carbocycles. The van der Waals surface area contributed by atoms with Crippen molar-refractivity contribution in [3.8, 4) is 0 Å². The number of ketones is 1. The van der Waals surface area contributed by atoms with Gasteiger partial charge in [-0.2, -0.15) is 0 Å². The van der Waals surface area contributed by atoms with Crippen molar-refractivity contribution in [2.24, 2.45) is 5.92 Å². The molecule has 1 aliphatic heterocycles. The van der Waals surface area contributed by atoms with Crippen LogP contribution < -0.4 is 0 Å². The van der Waals surface area contributed by atoms with E-state index >= 15 is 0 Å². The van der Waals surface area contributed by atoms with E-state index in [1.54, 1.807) is 13.8 Å². The molecule has 1 aliphatic rings. The molecular formula is C10H18O4S.